The second-order valence-corrected chi connectivity index (χ2v) is 8.12. The van der Waals surface area contributed by atoms with Gasteiger partial charge in [0, 0.05) is 43.4 Å². The Balaban J connectivity index is 1.44. The average Bonchev–Trinajstić information content (AvgIpc) is 2.98. The van der Waals surface area contributed by atoms with Crippen molar-refractivity contribution in [3.63, 3.8) is 0 Å². The molecule has 0 aliphatic carbocycles. The topological polar surface area (TPSA) is 40.9 Å². The highest BCUT2D eigenvalue weighted by molar-refractivity contribution is 9.10. The molecule has 1 aliphatic heterocycles. The van der Waals surface area contributed by atoms with E-state index < -0.39 is 5.82 Å². The van der Waals surface area contributed by atoms with Gasteiger partial charge in [-0.2, -0.15) is 0 Å². The summed E-state index contributed by atoms with van der Waals surface area (Å²) in [5.41, 5.74) is 4.76. The molecule has 5 nitrogen and oxygen atoms in total. The van der Waals surface area contributed by atoms with E-state index in [-0.39, 0.29) is 5.91 Å². The number of halogens is 2. The quantitative estimate of drug-likeness (QED) is 0.616. The lowest BCUT2D eigenvalue weighted by Crippen LogP contribution is -2.48. The SMILES string of the molecule is Cc1ccn2c(CN3CCN(C(=O)c4cc(F)ccc4Br)CC3)c(C)nc2c1. The molecule has 0 unspecified atom stereocenters. The third kappa shape index (κ3) is 3.69. The number of carbonyl (C=O) groups excluding carboxylic acids is 1. The van der Waals surface area contributed by atoms with Gasteiger partial charge in [-0.05, 0) is 65.7 Å². The Hall–Kier alpha value is -2.25. The van der Waals surface area contributed by atoms with Crippen LogP contribution in [0.2, 0.25) is 0 Å². The van der Waals surface area contributed by atoms with Crippen molar-refractivity contribution in [3.05, 3.63) is 69.3 Å². The van der Waals surface area contributed by atoms with Gasteiger partial charge in [0.1, 0.15) is 11.5 Å². The Bertz CT molecular complexity index is 1040. The largest absolute Gasteiger partial charge is 0.336 e. The number of fused-ring (bicyclic) bond motifs is 1. The van der Waals surface area contributed by atoms with E-state index in [1.54, 1.807) is 11.0 Å². The number of hydrogen-bond acceptors (Lipinski definition) is 3. The molecule has 0 saturated carbocycles. The first-order valence-corrected chi connectivity index (χ1v) is 10.1. The van der Waals surface area contributed by atoms with Crippen LogP contribution in [-0.2, 0) is 6.54 Å². The van der Waals surface area contributed by atoms with Crippen molar-refractivity contribution in [1.29, 1.82) is 0 Å². The number of aromatic nitrogens is 2. The average molecular weight is 445 g/mol. The van der Waals surface area contributed by atoms with Crippen LogP contribution in [0.1, 0.15) is 27.3 Å². The summed E-state index contributed by atoms with van der Waals surface area (Å²) in [5, 5.41) is 0. The van der Waals surface area contributed by atoms with E-state index in [9.17, 15) is 9.18 Å². The number of nitrogens with zero attached hydrogens (tertiary/aromatic N) is 4. The van der Waals surface area contributed by atoms with Gasteiger partial charge in [-0.25, -0.2) is 9.37 Å². The summed E-state index contributed by atoms with van der Waals surface area (Å²) in [6, 6.07) is 8.39. The molecule has 1 amide bonds. The summed E-state index contributed by atoms with van der Waals surface area (Å²) in [4.78, 5) is 21.6. The van der Waals surface area contributed by atoms with Crippen molar-refractivity contribution < 1.29 is 9.18 Å². The van der Waals surface area contributed by atoms with Crippen molar-refractivity contribution >= 4 is 27.5 Å². The molecule has 3 heterocycles. The van der Waals surface area contributed by atoms with Crippen LogP contribution < -0.4 is 0 Å². The fourth-order valence-corrected chi connectivity index (χ4v) is 4.07. The number of rotatable bonds is 3. The van der Waals surface area contributed by atoms with Crippen molar-refractivity contribution in [2.45, 2.75) is 20.4 Å². The minimum Gasteiger partial charge on any atom is -0.336 e. The number of pyridine rings is 1. The number of imidazole rings is 1. The molecule has 146 valence electrons. The third-order valence-corrected chi connectivity index (χ3v) is 5.96. The van der Waals surface area contributed by atoms with Crippen molar-refractivity contribution in [1.82, 2.24) is 19.2 Å². The molecule has 0 spiro atoms. The molecule has 1 saturated heterocycles. The Morgan fingerprint density at radius 1 is 1.14 bits per heavy atom. The van der Waals surface area contributed by atoms with Gasteiger partial charge in [-0.15, -0.1) is 0 Å². The van der Waals surface area contributed by atoms with E-state index >= 15 is 0 Å². The van der Waals surface area contributed by atoms with Crippen molar-refractivity contribution in [2.75, 3.05) is 26.2 Å². The predicted molar refractivity (Wildman–Crippen MR) is 110 cm³/mol. The fourth-order valence-electron chi connectivity index (χ4n) is 3.66. The standard InChI is InChI=1S/C21H22BrFN4O/c1-14-5-6-27-19(15(2)24-20(27)11-14)13-25-7-9-26(10-8-25)21(28)17-12-16(23)3-4-18(17)22/h3-6,11-12H,7-10,13H2,1-2H3. The maximum Gasteiger partial charge on any atom is 0.255 e. The highest BCUT2D eigenvalue weighted by Crippen LogP contribution is 2.21. The summed E-state index contributed by atoms with van der Waals surface area (Å²) in [7, 11) is 0. The maximum absolute atomic E-state index is 13.5. The molecular formula is C21H22BrFN4O. The van der Waals surface area contributed by atoms with Gasteiger partial charge in [0.25, 0.3) is 5.91 Å². The predicted octanol–water partition coefficient (Wildman–Crippen LogP) is 3.81. The van der Waals surface area contributed by atoms with Crippen LogP contribution in [0.5, 0.6) is 0 Å². The minimum atomic E-state index is -0.400. The van der Waals surface area contributed by atoms with Crippen LogP contribution in [0.15, 0.2) is 41.0 Å². The normalized spacial score (nSPS) is 15.4. The number of aryl methyl sites for hydroxylation is 2. The Labute approximate surface area is 171 Å². The molecule has 0 bridgehead atoms. The van der Waals surface area contributed by atoms with Gasteiger partial charge in [0.05, 0.1) is 17.0 Å². The molecule has 1 fully saturated rings. The number of hydrogen-bond donors (Lipinski definition) is 0. The van der Waals surface area contributed by atoms with Crippen LogP contribution in [0.3, 0.4) is 0 Å². The first-order valence-electron chi connectivity index (χ1n) is 9.33. The lowest BCUT2D eigenvalue weighted by Gasteiger charge is -2.35. The molecule has 0 N–H and O–H groups in total. The molecule has 1 aliphatic rings. The number of piperazine rings is 1. The number of benzene rings is 1. The maximum atomic E-state index is 13.5. The second kappa shape index (κ2) is 7.64. The summed E-state index contributed by atoms with van der Waals surface area (Å²) in [5.74, 6) is -0.531. The molecule has 4 rings (SSSR count). The van der Waals surface area contributed by atoms with Crippen LogP contribution >= 0.6 is 15.9 Å². The van der Waals surface area contributed by atoms with Crippen LogP contribution in [0.4, 0.5) is 4.39 Å². The smallest absolute Gasteiger partial charge is 0.255 e. The number of amides is 1. The molecule has 0 radical (unpaired) electrons. The monoisotopic (exact) mass is 444 g/mol. The Kier molecular flexibility index (Phi) is 5.21. The Morgan fingerprint density at radius 2 is 1.89 bits per heavy atom. The molecule has 3 aromatic rings. The lowest BCUT2D eigenvalue weighted by molar-refractivity contribution is 0.0625. The zero-order chi connectivity index (χ0) is 19.8. The highest BCUT2D eigenvalue weighted by atomic mass is 79.9. The van der Waals surface area contributed by atoms with Crippen LogP contribution in [0.25, 0.3) is 5.65 Å². The zero-order valence-electron chi connectivity index (χ0n) is 16.0. The van der Waals surface area contributed by atoms with E-state index in [1.807, 2.05) is 6.92 Å². The molecule has 7 heteroatoms. The third-order valence-electron chi connectivity index (χ3n) is 5.27. The fraction of sp³-hybridized carbons (Fsp3) is 0.333. The van der Waals surface area contributed by atoms with Gasteiger partial charge >= 0.3 is 0 Å². The highest BCUT2D eigenvalue weighted by Gasteiger charge is 2.25. The van der Waals surface area contributed by atoms with Gasteiger partial charge in [0.15, 0.2) is 0 Å². The van der Waals surface area contributed by atoms with Gasteiger partial charge in [-0.3, -0.25) is 9.69 Å². The van der Waals surface area contributed by atoms with Gasteiger partial charge < -0.3 is 9.30 Å². The first-order chi connectivity index (χ1) is 13.4. The summed E-state index contributed by atoms with van der Waals surface area (Å²) in [6.45, 7) is 7.69. The lowest BCUT2D eigenvalue weighted by atomic mass is 10.1. The molecule has 2 aromatic heterocycles. The van der Waals surface area contributed by atoms with E-state index in [0.29, 0.717) is 23.1 Å². The molecule has 1 aromatic carbocycles. The minimum absolute atomic E-state index is 0.132. The van der Waals surface area contributed by atoms with E-state index in [4.69, 9.17) is 0 Å². The second-order valence-electron chi connectivity index (χ2n) is 7.27. The van der Waals surface area contributed by atoms with Crippen LogP contribution in [0, 0.1) is 19.7 Å². The zero-order valence-corrected chi connectivity index (χ0v) is 17.5. The molecular weight excluding hydrogens is 423 g/mol. The molecule has 28 heavy (non-hydrogen) atoms. The summed E-state index contributed by atoms with van der Waals surface area (Å²) >= 11 is 3.35. The summed E-state index contributed by atoms with van der Waals surface area (Å²) in [6.07, 6.45) is 2.07. The van der Waals surface area contributed by atoms with E-state index in [1.165, 1.54) is 23.4 Å². The van der Waals surface area contributed by atoms with Crippen molar-refractivity contribution in [3.8, 4) is 0 Å². The number of carbonyl (C=O) groups is 1. The summed E-state index contributed by atoms with van der Waals surface area (Å²) < 4.78 is 16.3. The van der Waals surface area contributed by atoms with Gasteiger partial charge in [0.2, 0.25) is 0 Å². The first kappa shape index (κ1) is 19.1. The molecule has 0 atom stereocenters. The van der Waals surface area contributed by atoms with Gasteiger partial charge in [-0.1, -0.05) is 0 Å². The van der Waals surface area contributed by atoms with E-state index in [2.05, 4.69) is 55.5 Å². The van der Waals surface area contributed by atoms with Crippen molar-refractivity contribution in [2.24, 2.45) is 0 Å². The van der Waals surface area contributed by atoms with Crippen LogP contribution in [-0.4, -0.2) is 51.3 Å². The van der Waals surface area contributed by atoms with E-state index in [0.717, 1.165) is 31.0 Å². The Morgan fingerprint density at radius 3 is 2.64 bits per heavy atom.